The van der Waals surface area contributed by atoms with E-state index in [4.69, 9.17) is 5.26 Å². The summed E-state index contributed by atoms with van der Waals surface area (Å²) in [7, 11) is 0. The minimum atomic E-state index is -0.389. The Hall–Kier alpha value is -1.34. The minimum absolute atomic E-state index is 0.225. The number of benzene rings is 1. The van der Waals surface area contributed by atoms with Crippen LogP contribution < -0.4 is 4.90 Å². The summed E-state index contributed by atoms with van der Waals surface area (Å²) in [6, 6.07) is 5.20. The smallest absolute Gasteiger partial charge is 0.161 e. The molecule has 4 heteroatoms. The average Bonchev–Trinajstić information content (AvgIpc) is 2.32. The topological polar surface area (TPSA) is 27.0 Å². The number of anilines is 1. The van der Waals surface area contributed by atoms with Crippen LogP contribution in [0.25, 0.3) is 0 Å². The summed E-state index contributed by atoms with van der Waals surface area (Å²) in [5.41, 5.74) is 0.805. The lowest BCUT2D eigenvalue weighted by Gasteiger charge is -2.23. The lowest BCUT2D eigenvalue weighted by atomic mass is 10.2. The second-order valence-corrected chi connectivity index (χ2v) is 4.40. The normalized spacial score (nSPS) is 9.76. The fraction of sp³-hybridized carbons (Fsp3) is 0.308. The summed E-state index contributed by atoms with van der Waals surface area (Å²) in [5.74, 6) is -0.389. The maximum atomic E-state index is 14.1. The molecule has 2 nitrogen and oxygen atoms in total. The van der Waals surface area contributed by atoms with E-state index in [-0.39, 0.29) is 10.3 Å². The zero-order valence-electron chi connectivity index (χ0n) is 9.71. The molecule has 17 heavy (non-hydrogen) atoms. The number of hydrogen-bond donors (Lipinski definition) is 0. The van der Waals surface area contributed by atoms with Crippen LogP contribution in [0, 0.1) is 17.1 Å². The van der Waals surface area contributed by atoms with Crippen molar-refractivity contribution in [2.75, 3.05) is 18.0 Å². The van der Waals surface area contributed by atoms with Gasteiger partial charge in [0.1, 0.15) is 6.07 Å². The highest BCUT2D eigenvalue weighted by atomic mass is 79.9. The third-order valence-electron chi connectivity index (χ3n) is 2.37. The van der Waals surface area contributed by atoms with Crippen molar-refractivity contribution in [3.63, 3.8) is 0 Å². The molecule has 0 aromatic heterocycles. The summed E-state index contributed by atoms with van der Waals surface area (Å²) in [6.07, 6.45) is 2.66. The first-order valence-electron chi connectivity index (χ1n) is 5.39. The molecule has 0 aliphatic rings. The summed E-state index contributed by atoms with van der Waals surface area (Å²) in [6.45, 7) is 7.04. The van der Waals surface area contributed by atoms with E-state index in [1.807, 2.05) is 17.9 Å². The zero-order valence-corrected chi connectivity index (χ0v) is 11.3. The Kier molecular flexibility index (Phi) is 5.17. The number of nitriles is 1. The van der Waals surface area contributed by atoms with Gasteiger partial charge in [-0.2, -0.15) is 5.26 Å². The van der Waals surface area contributed by atoms with E-state index in [0.29, 0.717) is 17.8 Å². The molecule has 1 aromatic rings. The van der Waals surface area contributed by atoms with Gasteiger partial charge in [0.25, 0.3) is 0 Å². The van der Waals surface area contributed by atoms with Crippen molar-refractivity contribution < 1.29 is 4.39 Å². The predicted molar refractivity (Wildman–Crippen MR) is 71.5 cm³/mol. The molecule has 0 bridgehead atoms. The van der Waals surface area contributed by atoms with E-state index in [0.717, 1.165) is 13.0 Å². The van der Waals surface area contributed by atoms with Gasteiger partial charge in [-0.1, -0.05) is 13.0 Å². The van der Waals surface area contributed by atoms with Crippen LogP contribution in [0.1, 0.15) is 18.9 Å². The largest absolute Gasteiger partial charge is 0.365 e. The molecule has 0 fully saturated rings. The van der Waals surface area contributed by atoms with Crippen molar-refractivity contribution in [3.8, 4) is 6.07 Å². The van der Waals surface area contributed by atoms with Crippen LogP contribution in [-0.2, 0) is 0 Å². The summed E-state index contributed by atoms with van der Waals surface area (Å²) in [5, 5.41) is 8.80. The Morgan fingerprint density at radius 2 is 2.29 bits per heavy atom. The minimum Gasteiger partial charge on any atom is -0.365 e. The van der Waals surface area contributed by atoms with E-state index in [1.54, 1.807) is 18.2 Å². The SMILES string of the molecule is C=CCN(CCC)c1ccc(C#N)c(Br)c1F. The number of halogens is 2. The molecule has 0 unspecified atom stereocenters. The van der Waals surface area contributed by atoms with Gasteiger partial charge < -0.3 is 4.90 Å². The van der Waals surface area contributed by atoms with Gasteiger partial charge in [0.2, 0.25) is 0 Å². The van der Waals surface area contributed by atoms with Crippen LogP contribution in [0.4, 0.5) is 10.1 Å². The predicted octanol–water partition coefficient (Wildman–Crippen LogP) is 3.86. The molecule has 90 valence electrons. The highest BCUT2D eigenvalue weighted by Crippen LogP contribution is 2.29. The third kappa shape index (κ3) is 3.07. The van der Waals surface area contributed by atoms with Crippen LogP contribution in [0.5, 0.6) is 0 Å². The maximum Gasteiger partial charge on any atom is 0.161 e. The van der Waals surface area contributed by atoms with Gasteiger partial charge in [-0.25, -0.2) is 4.39 Å². The summed E-state index contributed by atoms with van der Waals surface area (Å²) in [4.78, 5) is 1.90. The fourth-order valence-electron chi connectivity index (χ4n) is 1.61. The molecule has 0 spiro atoms. The van der Waals surface area contributed by atoms with Crippen molar-refractivity contribution >= 4 is 21.6 Å². The van der Waals surface area contributed by atoms with Crippen molar-refractivity contribution in [1.82, 2.24) is 0 Å². The second-order valence-electron chi connectivity index (χ2n) is 3.61. The fourth-order valence-corrected chi connectivity index (χ4v) is 2.03. The van der Waals surface area contributed by atoms with E-state index in [1.165, 1.54) is 0 Å². The first-order chi connectivity index (χ1) is 8.15. The van der Waals surface area contributed by atoms with Gasteiger partial charge in [-0.05, 0) is 34.5 Å². The zero-order chi connectivity index (χ0) is 12.8. The Balaban J connectivity index is 3.16. The molecule has 0 N–H and O–H groups in total. The van der Waals surface area contributed by atoms with Crippen LogP contribution in [0.15, 0.2) is 29.3 Å². The Morgan fingerprint density at radius 1 is 1.59 bits per heavy atom. The van der Waals surface area contributed by atoms with Gasteiger partial charge in [0.15, 0.2) is 5.82 Å². The lowest BCUT2D eigenvalue weighted by molar-refractivity contribution is 0.612. The molecule has 0 saturated heterocycles. The van der Waals surface area contributed by atoms with Crippen molar-refractivity contribution in [2.24, 2.45) is 0 Å². The monoisotopic (exact) mass is 296 g/mol. The first-order valence-corrected chi connectivity index (χ1v) is 6.18. The summed E-state index contributed by atoms with van der Waals surface area (Å²) >= 11 is 3.11. The van der Waals surface area contributed by atoms with E-state index in [2.05, 4.69) is 22.5 Å². The molecule has 1 rings (SSSR count). The standard InChI is InChI=1S/C13H14BrFN2/c1-3-7-17(8-4-2)11-6-5-10(9-16)12(14)13(11)15/h3,5-6H,1,4,7-8H2,2H3. The molecular formula is C13H14BrFN2. The van der Waals surface area contributed by atoms with Gasteiger partial charge in [-0.3, -0.25) is 0 Å². The van der Waals surface area contributed by atoms with Crippen LogP contribution >= 0.6 is 15.9 Å². The second kappa shape index (κ2) is 6.41. The van der Waals surface area contributed by atoms with Gasteiger partial charge in [0, 0.05) is 13.1 Å². The molecule has 1 aromatic carbocycles. The Labute approximate surface area is 109 Å². The Bertz CT molecular complexity index is 451. The van der Waals surface area contributed by atoms with Gasteiger partial charge in [0.05, 0.1) is 15.7 Å². The molecule has 0 radical (unpaired) electrons. The van der Waals surface area contributed by atoms with E-state index >= 15 is 0 Å². The van der Waals surface area contributed by atoms with Gasteiger partial charge >= 0.3 is 0 Å². The average molecular weight is 297 g/mol. The molecule has 0 atom stereocenters. The van der Waals surface area contributed by atoms with Crippen LogP contribution in [0.3, 0.4) is 0 Å². The molecular weight excluding hydrogens is 283 g/mol. The molecule has 0 aliphatic carbocycles. The van der Waals surface area contributed by atoms with Crippen LogP contribution in [0.2, 0.25) is 0 Å². The number of nitrogens with zero attached hydrogens (tertiary/aromatic N) is 2. The van der Waals surface area contributed by atoms with Crippen LogP contribution in [-0.4, -0.2) is 13.1 Å². The molecule has 0 aliphatic heterocycles. The van der Waals surface area contributed by atoms with Gasteiger partial charge in [-0.15, -0.1) is 6.58 Å². The molecule has 0 heterocycles. The highest BCUT2D eigenvalue weighted by Gasteiger charge is 2.15. The number of rotatable bonds is 5. The van der Waals surface area contributed by atoms with E-state index in [9.17, 15) is 4.39 Å². The highest BCUT2D eigenvalue weighted by molar-refractivity contribution is 9.10. The first kappa shape index (κ1) is 13.7. The van der Waals surface area contributed by atoms with Crippen molar-refractivity contribution in [1.29, 1.82) is 5.26 Å². The molecule has 0 amide bonds. The number of hydrogen-bond acceptors (Lipinski definition) is 2. The Morgan fingerprint density at radius 3 is 2.82 bits per heavy atom. The maximum absolute atomic E-state index is 14.1. The molecule has 0 saturated carbocycles. The lowest BCUT2D eigenvalue weighted by Crippen LogP contribution is -2.25. The van der Waals surface area contributed by atoms with Crippen molar-refractivity contribution in [3.05, 3.63) is 40.6 Å². The third-order valence-corrected chi connectivity index (χ3v) is 3.14. The van der Waals surface area contributed by atoms with Crippen molar-refractivity contribution in [2.45, 2.75) is 13.3 Å². The van der Waals surface area contributed by atoms with E-state index < -0.39 is 0 Å². The summed E-state index contributed by atoms with van der Waals surface area (Å²) < 4.78 is 14.3. The quantitative estimate of drug-likeness (QED) is 0.772.